The van der Waals surface area contributed by atoms with Crippen molar-refractivity contribution in [1.82, 2.24) is 19.9 Å². The number of pyridine rings is 1. The third kappa shape index (κ3) is 3.53. The maximum Gasteiger partial charge on any atom is 0.223 e. The number of carbonyl (C=O) groups excluding carboxylic acids is 1. The van der Waals surface area contributed by atoms with E-state index in [1.165, 1.54) is 0 Å². The largest absolute Gasteiger partial charge is 0.370 e. The van der Waals surface area contributed by atoms with Crippen LogP contribution in [0.25, 0.3) is 11.0 Å². The van der Waals surface area contributed by atoms with E-state index in [0.717, 1.165) is 22.4 Å². The predicted octanol–water partition coefficient (Wildman–Crippen LogP) is 2.49. The average Bonchev–Trinajstić information content (AvgIpc) is 3.10. The van der Waals surface area contributed by atoms with Gasteiger partial charge in [-0.25, -0.2) is 4.98 Å². The van der Waals surface area contributed by atoms with E-state index >= 15 is 0 Å². The van der Waals surface area contributed by atoms with Crippen molar-refractivity contribution in [3.63, 3.8) is 0 Å². The number of aromatic amines is 1. The van der Waals surface area contributed by atoms with Gasteiger partial charge in [0.15, 0.2) is 0 Å². The first kappa shape index (κ1) is 15.8. The van der Waals surface area contributed by atoms with E-state index < -0.39 is 0 Å². The first-order valence-corrected chi connectivity index (χ1v) is 8.52. The Balaban J connectivity index is 1.37. The molecule has 1 amide bonds. The Morgan fingerprint density at radius 3 is 2.92 bits per heavy atom. The summed E-state index contributed by atoms with van der Waals surface area (Å²) in [7, 11) is 0. The standard InChI is InChI=1S/C19H20N4O2/c24-19(6-5-18-21-15-3-1-2-4-16(15)22-18)23-11-12-25-17(13-23)14-7-9-20-10-8-14/h1-4,7-10,17H,5-6,11-13H2,(H,21,22)/t17-/m1/s1. The first-order valence-electron chi connectivity index (χ1n) is 8.52. The number of aryl methyl sites for hydroxylation is 1. The minimum Gasteiger partial charge on any atom is -0.370 e. The number of ether oxygens (including phenoxy) is 1. The average molecular weight is 336 g/mol. The molecule has 0 bridgehead atoms. The third-order valence-electron chi connectivity index (χ3n) is 4.51. The smallest absolute Gasteiger partial charge is 0.223 e. The monoisotopic (exact) mass is 336 g/mol. The van der Waals surface area contributed by atoms with Crippen molar-refractivity contribution < 1.29 is 9.53 Å². The van der Waals surface area contributed by atoms with Crippen LogP contribution in [-0.4, -0.2) is 45.5 Å². The molecule has 25 heavy (non-hydrogen) atoms. The minimum atomic E-state index is -0.0769. The molecule has 3 heterocycles. The molecule has 1 atom stereocenters. The van der Waals surface area contributed by atoms with E-state index in [1.54, 1.807) is 12.4 Å². The summed E-state index contributed by atoms with van der Waals surface area (Å²) in [5.41, 5.74) is 3.01. The minimum absolute atomic E-state index is 0.0769. The summed E-state index contributed by atoms with van der Waals surface area (Å²) < 4.78 is 5.81. The van der Waals surface area contributed by atoms with Crippen LogP contribution in [0.1, 0.15) is 23.9 Å². The number of para-hydroxylation sites is 2. The van der Waals surface area contributed by atoms with Crippen LogP contribution in [0.4, 0.5) is 0 Å². The highest BCUT2D eigenvalue weighted by Crippen LogP contribution is 2.22. The predicted molar refractivity (Wildman–Crippen MR) is 93.9 cm³/mol. The van der Waals surface area contributed by atoms with Crippen LogP contribution < -0.4 is 0 Å². The number of rotatable bonds is 4. The molecule has 1 aromatic carbocycles. The van der Waals surface area contributed by atoms with Gasteiger partial charge in [-0.05, 0) is 29.8 Å². The van der Waals surface area contributed by atoms with Gasteiger partial charge in [-0.15, -0.1) is 0 Å². The molecule has 2 aromatic heterocycles. The third-order valence-corrected chi connectivity index (χ3v) is 4.51. The summed E-state index contributed by atoms with van der Waals surface area (Å²) in [5.74, 6) is 0.997. The number of hydrogen-bond donors (Lipinski definition) is 1. The van der Waals surface area contributed by atoms with E-state index in [2.05, 4.69) is 15.0 Å². The Hall–Kier alpha value is -2.73. The normalized spacial score (nSPS) is 17.8. The highest BCUT2D eigenvalue weighted by molar-refractivity contribution is 5.77. The molecule has 128 valence electrons. The molecule has 1 aliphatic rings. The SMILES string of the molecule is O=C(CCc1nc2ccccc2[nH]1)N1CCO[C@@H](c2ccncc2)C1. The number of nitrogens with zero attached hydrogens (tertiary/aromatic N) is 3. The molecule has 1 saturated heterocycles. The quantitative estimate of drug-likeness (QED) is 0.794. The van der Waals surface area contributed by atoms with Gasteiger partial charge in [0.05, 0.1) is 24.2 Å². The lowest BCUT2D eigenvalue weighted by Gasteiger charge is -2.33. The molecule has 1 N–H and O–H groups in total. The van der Waals surface area contributed by atoms with E-state index in [-0.39, 0.29) is 12.0 Å². The fourth-order valence-electron chi connectivity index (χ4n) is 3.16. The van der Waals surface area contributed by atoms with Crippen LogP contribution in [0.15, 0.2) is 48.8 Å². The number of benzene rings is 1. The van der Waals surface area contributed by atoms with Crippen molar-refractivity contribution in [3.05, 3.63) is 60.2 Å². The fraction of sp³-hybridized carbons (Fsp3) is 0.316. The van der Waals surface area contributed by atoms with Gasteiger partial charge >= 0.3 is 0 Å². The summed E-state index contributed by atoms with van der Waals surface area (Å²) in [6, 6.07) is 11.8. The summed E-state index contributed by atoms with van der Waals surface area (Å²) in [4.78, 5) is 26.3. The number of hydrogen-bond acceptors (Lipinski definition) is 4. The molecule has 6 heteroatoms. The van der Waals surface area contributed by atoms with Crippen LogP contribution >= 0.6 is 0 Å². The second kappa shape index (κ2) is 7.03. The number of fused-ring (bicyclic) bond motifs is 1. The van der Waals surface area contributed by atoms with Gasteiger partial charge in [0.25, 0.3) is 0 Å². The molecular formula is C19H20N4O2. The van der Waals surface area contributed by atoms with Crippen molar-refractivity contribution in [2.45, 2.75) is 18.9 Å². The van der Waals surface area contributed by atoms with Crippen LogP contribution in [0.3, 0.4) is 0 Å². The van der Waals surface area contributed by atoms with Gasteiger partial charge in [0.1, 0.15) is 11.9 Å². The van der Waals surface area contributed by atoms with Gasteiger partial charge in [-0.2, -0.15) is 0 Å². The van der Waals surface area contributed by atoms with Crippen LogP contribution in [-0.2, 0) is 16.0 Å². The fourth-order valence-corrected chi connectivity index (χ4v) is 3.16. The molecule has 1 fully saturated rings. The molecule has 0 aliphatic carbocycles. The van der Waals surface area contributed by atoms with Crippen molar-refractivity contribution in [2.75, 3.05) is 19.7 Å². The Morgan fingerprint density at radius 1 is 1.24 bits per heavy atom. The van der Waals surface area contributed by atoms with Gasteiger partial charge in [0, 0.05) is 31.8 Å². The van der Waals surface area contributed by atoms with E-state index in [9.17, 15) is 4.79 Å². The molecule has 6 nitrogen and oxygen atoms in total. The lowest BCUT2D eigenvalue weighted by Crippen LogP contribution is -2.42. The maximum atomic E-state index is 12.6. The zero-order valence-corrected chi connectivity index (χ0v) is 13.9. The first-order chi connectivity index (χ1) is 12.3. The number of carbonyl (C=O) groups is 1. The molecule has 1 aliphatic heterocycles. The summed E-state index contributed by atoms with van der Waals surface area (Å²) in [6.45, 7) is 1.78. The van der Waals surface area contributed by atoms with Crippen LogP contribution in [0.5, 0.6) is 0 Å². The van der Waals surface area contributed by atoms with Crippen molar-refractivity contribution in [3.8, 4) is 0 Å². The number of nitrogens with one attached hydrogen (secondary N) is 1. The second-order valence-electron chi connectivity index (χ2n) is 6.18. The highest BCUT2D eigenvalue weighted by atomic mass is 16.5. The van der Waals surface area contributed by atoms with E-state index in [0.29, 0.717) is 32.5 Å². The maximum absolute atomic E-state index is 12.6. The molecular weight excluding hydrogens is 316 g/mol. The Bertz CT molecular complexity index is 829. The van der Waals surface area contributed by atoms with E-state index in [1.807, 2.05) is 41.3 Å². The second-order valence-corrected chi connectivity index (χ2v) is 6.18. The number of morpholine rings is 1. The molecule has 0 radical (unpaired) electrons. The topological polar surface area (TPSA) is 71.1 Å². The molecule has 3 aromatic rings. The van der Waals surface area contributed by atoms with Crippen LogP contribution in [0, 0.1) is 0 Å². The van der Waals surface area contributed by atoms with E-state index in [4.69, 9.17) is 4.74 Å². The summed E-state index contributed by atoms with van der Waals surface area (Å²) in [5, 5.41) is 0. The highest BCUT2D eigenvalue weighted by Gasteiger charge is 2.25. The zero-order chi connectivity index (χ0) is 17.1. The van der Waals surface area contributed by atoms with Crippen molar-refractivity contribution in [2.24, 2.45) is 0 Å². The van der Waals surface area contributed by atoms with Gasteiger partial charge in [-0.3, -0.25) is 9.78 Å². The van der Waals surface area contributed by atoms with Crippen molar-refractivity contribution >= 4 is 16.9 Å². The number of imidazole rings is 1. The number of amides is 1. The molecule has 4 rings (SSSR count). The summed E-state index contributed by atoms with van der Waals surface area (Å²) >= 11 is 0. The summed E-state index contributed by atoms with van der Waals surface area (Å²) in [6.07, 6.45) is 4.49. The lowest BCUT2D eigenvalue weighted by atomic mass is 10.1. The van der Waals surface area contributed by atoms with Crippen molar-refractivity contribution in [1.29, 1.82) is 0 Å². The van der Waals surface area contributed by atoms with Gasteiger partial charge in [0.2, 0.25) is 5.91 Å². The molecule has 0 saturated carbocycles. The van der Waals surface area contributed by atoms with Crippen LogP contribution in [0.2, 0.25) is 0 Å². The Labute approximate surface area is 145 Å². The van der Waals surface area contributed by atoms with Gasteiger partial charge < -0.3 is 14.6 Å². The lowest BCUT2D eigenvalue weighted by molar-refractivity contribution is -0.139. The molecule has 0 unspecified atom stereocenters. The number of aromatic nitrogens is 3. The molecule has 0 spiro atoms. The zero-order valence-electron chi connectivity index (χ0n) is 13.9. The number of H-pyrrole nitrogens is 1. The van der Waals surface area contributed by atoms with Gasteiger partial charge in [-0.1, -0.05) is 12.1 Å². The Morgan fingerprint density at radius 2 is 2.08 bits per heavy atom. The Kier molecular flexibility index (Phi) is 4.43.